The second-order valence-electron chi connectivity index (χ2n) is 11.0. The van der Waals surface area contributed by atoms with Crippen molar-refractivity contribution in [2.24, 2.45) is 11.1 Å². The molecule has 10 nitrogen and oxygen atoms in total. The van der Waals surface area contributed by atoms with Gasteiger partial charge in [0.15, 0.2) is 11.8 Å². The number of carbonyl (C=O) groups excluding carboxylic acids is 4. The summed E-state index contributed by atoms with van der Waals surface area (Å²) in [6.07, 6.45) is 0.812. The van der Waals surface area contributed by atoms with Crippen molar-refractivity contribution in [2.45, 2.75) is 37.3 Å². The van der Waals surface area contributed by atoms with Crippen LogP contribution in [-0.4, -0.2) is 64.7 Å². The molecule has 2 heterocycles. The van der Waals surface area contributed by atoms with Crippen LogP contribution in [0, 0.1) is 5.92 Å². The highest BCUT2D eigenvalue weighted by Crippen LogP contribution is 2.42. The SMILES string of the molecule is CCON=C(C(=O)N[C@@H]1C(=O)N2C(C(=O)OC(c3ccccc3)c3ccccc3)=C(COC(=O)C3CC3)CS[C@H]12)c1ccccc1. The van der Waals surface area contributed by atoms with Gasteiger partial charge in [-0.3, -0.25) is 19.3 Å². The molecule has 1 saturated carbocycles. The molecule has 2 atom stereocenters. The largest absolute Gasteiger partial charge is 0.461 e. The second-order valence-corrected chi connectivity index (χ2v) is 12.1. The van der Waals surface area contributed by atoms with Crippen molar-refractivity contribution in [3.05, 3.63) is 119 Å². The van der Waals surface area contributed by atoms with E-state index >= 15 is 0 Å². The van der Waals surface area contributed by atoms with Gasteiger partial charge in [0.25, 0.3) is 11.8 Å². The van der Waals surface area contributed by atoms with Crippen LogP contribution in [0.1, 0.15) is 42.6 Å². The van der Waals surface area contributed by atoms with Gasteiger partial charge in [0, 0.05) is 16.9 Å². The van der Waals surface area contributed by atoms with Crippen molar-refractivity contribution in [1.82, 2.24) is 10.2 Å². The molecule has 6 rings (SSSR count). The predicted molar refractivity (Wildman–Crippen MR) is 171 cm³/mol. The Morgan fingerprint density at radius 2 is 1.54 bits per heavy atom. The zero-order valence-corrected chi connectivity index (χ0v) is 26.0. The Morgan fingerprint density at radius 1 is 0.935 bits per heavy atom. The van der Waals surface area contributed by atoms with Crippen molar-refractivity contribution in [3.8, 4) is 0 Å². The molecule has 2 amide bonds. The fraction of sp³-hybridized carbons (Fsp3) is 0.286. The number of β-lactam (4-membered cyclic amide) rings is 1. The minimum atomic E-state index is -0.926. The highest BCUT2D eigenvalue weighted by Gasteiger charge is 2.55. The molecule has 0 bridgehead atoms. The first-order valence-corrected chi connectivity index (χ1v) is 16.2. The summed E-state index contributed by atoms with van der Waals surface area (Å²) in [6.45, 7) is 1.87. The third-order valence-corrected chi connectivity index (χ3v) is 9.14. The molecule has 3 aliphatic rings. The van der Waals surface area contributed by atoms with Gasteiger partial charge in [-0.2, -0.15) is 0 Å². The smallest absolute Gasteiger partial charge is 0.356 e. The number of esters is 2. The van der Waals surface area contributed by atoms with E-state index in [-0.39, 0.29) is 36.5 Å². The van der Waals surface area contributed by atoms with E-state index in [4.69, 9.17) is 14.3 Å². The maximum Gasteiger partial charge on any atom is 0.356 e. The number of hydrogen-bond donors (Lipinski definition) is 1. The maximum absolute atomic E-state index is 14.1. The second kappa shape index (κ2) is 14.0. The molecule has 0 spiro atoms. The van der Waals surface area contributed by atoms with E-state index in [9.17, 15) is 19.2 Å². The molecule has 1 N–H and O–H groups in total. The van der Waals surface area contributed by atoms with E-state index in [1.165, 1.54) is 16.7 Å². The van der Waals surface area contributed by atoms with Crippen LogP contribution >= 0.6 is 11.8 Å². The molecule has 1 saturated heterocycles. The first kappa shape index (κ1) is 31.1. The zero-order chi connectivity index (χ0) is 32.0. The first-order chi connectivity index (χ1) is 22.5. The summed E-state index contributed by atoms with van der Waals surface area (Å²) < 4.78 is 11.7. The van der Waals surface area contributed by atoms with Crippen LogP contribution in [0.4, 0.5) is 0 Å². The molecular weight excluding hydrogens is 606 g/mol. The van der Waals surface area contributed by atoms with Crippen molar-refractivity contribution in [1.29, 1.82) is 0 Å². The number of nitrogens with zero attached hydrogens (tertiary/aromatic N) is 2. The van der Waals surface area contributed by atoms with Crippen LogP contribution in [0.2, 0.25) is 0 Å². The summed E-state index contributed by atoms with van der Waals surface area (Å²) in [5.74, 6) is -1.93. The molecule has 11 heteroatoms. The fourth-order valence-electron chi connectivity index (χ4n) is 5.28. The molecule has 46 heavy (non-hydrogen) atoms. The standard InChI is InChI=1S/C35H33N3O7S/c1-2-44-37-27(22-12-6-3-7-13-22)31(39)36-28-32(40)38-29(26(21-46-33(28)38)20-43-34(41)25-18-19-25)35(42)45-30(23-14-8-4-9-15-23)24-16-10-5-11-17-24/h3-17,25,28,30,33H,2,18-21H2,1H3,(H,36,39)/t28-,33-/m1/s1. The van der Waals surface area contributed by atoms with Crippen LogP contribution in [0.25, 0.3) is 0 Å². The van der Waals surface area contributed by atoms with E-state index in [0.717, 1.165) is 24.0 Å². The lowest BCUT2D eigenvalue weighted by molar-refractivity contribution is -0.154. The summed E-state index contributed by atoms with van der Waals surface area (Å²) in [5.41, 5.74) is 2.59. The summed E-state index contributed by atoms with van der Waals surface area (Å²) >= 11 is 1.37. The number of oxime groups is 1. The van der Waals surface area contributed by atoms with Gasteiger partial charge in [-0.1, -0.05) is 96.2 Å². The Balaban J connectivity index is 1.27. The number of rotatable bonds is 12. The van der Waals surface area contributed by atoms with E-state index in [1.807, 2.05) is 66.7 Å². The van der Waals surface area contributed by atoms with Gasteiger partial charge in [0.05, 0.1) is 5.92 Å². The highest BCUT2D eigenvalue weighted by atomic mass is 32.2. The van der Waals surface area contributed by atoms with E-state index in [1.54, 1.807) is 31.2 Å². The molecule has 2 aliphatic heterocycles. The number of nitrogens with one attached hydrogen (secondary N) is 1. The van der Waals surface area contributed by atoms with Crippen LogP contribution in [0.5, 0.6) is 0 Å². The Hall–Kier alpha value is -4.90. The zero-order valence-electron chi connectivity index (χ0n) is 25.2. The Morgan fingerprint density at radius 3 is 2.13 bits per heavy atom. The van der Waals surface area contributed by atoms with Crippen LogP contribution in [0.3, 0.4) is 0 Å². The Labute approximate surface area is 270 Å². The average Bonchev–Trinajstić information content (AvgIpc) is 3.95. The summed E-state index contributed by atoms with van der Waals surface area (Å²) in [6, 6.07) is 26.6. The van der Waals surface area contributed by atoms with Crippen LogP contribution in [-0.2, 0) is 33.5 Å². The average molecular weight is 640 g/mol. The maximum atomic E-state index is 14.1. The van der Waals surface area contributed by atoms with E-state index < -0.39 is 35.3 Å². The molecule has 0 unspecified atom stereocenters. The minimum absolute atomic E-state index is 0.0333. The molecule has 0 radical (unpaired) electrons. The van der Waals surface area contributed by atoms with Gasteiger partial charge in [-0.05, 0) is 30.9 Å². The lowest BCUT2D eigenvalue weighted by Gasteiger charge is -2.49. The van der Waals surface area contributed by atoms with Crippen LogP contribution in [0.15, 0.2) is 107 Å². The number of ether oxygens (including phenoxy) is 2. The quantitative estimate of drug-likeness (QED) is 0.134. The normalized spacial score (nSPS) is 19.2. The molecular formula is C35H33N3O7S. The molecule has 2 fully saturated rings. The van der Waals surface area contributed by atoms with Gasteiger partial charge in [0.1, 0.15) is 30.3 Å². The van der Waals surface area contributed by atoms with Crippen molar-refractivity contribution >= 4 is 41.2 Å². The molecule has 0 aromatic heterocycles. The number of benzene rings is 3. The molecule has 3 aromatic rings. The third-order valence-electron chi connectivity index (χ3n) is 7.80. The molecule has 1 aliphatic carbocycles. The lowest BCUT2D eigenvalue weighted by atomic mass is 10.0. The van der Waals surface area contributed by atoms with Crippen molar-refractivity contribution in [2.75, 3.05) is 19.0 Å². The molecule has 236 valence electrons. The fourth-order valence-corrected chi connectivity index (χ4v) is 6.61. The van der Waals surface area contributed by atoms with Crippen LogP contribution < -0.4 is 5.32 Å². The minimum Gasteiger partial charge on any atom is -0.461 e. The summed E-state index contributed by atoms with van der Waals surface area (Å²) in [7, 11) is 0. The highest BCUT2D eigenvalue weighted by molar-refractivity contribution is 8.00. The topological polar surface area (TPSA) is 124 Å². The van der Waals surface area contributed by atoms with E-state index in [0.29, 0.717) is 16.9 Å². The number of thioether (sulfide) groups is 1. The Kier molecular flexibility index (Phi) is 9.49. The van der Waals surface area contributed by atoms with Gasteiger partial charge in [-0.15, -0.1) is 11.8 Å². The third kappa shape index (κ3) is 6.69. The lowest BCUT2D eigenvalue weighted by Crippen LogP contribution is -2.71. The van der Waals surface area contributed by atoms with Gasteiger partial charge >= 0.3 is 11.9 Å². The van der Waals surface area contributed by atoms with Crippen molar-refractivity contribution in [3.63, 3.8) is 0 Å². The number of hydrogen-bond acceptors (Lipinski definition) is 9. The van der Waals surface area contributed by atoms with Gasteiger partial charge in [0.2, 0.25) is 0 Å². The van der Waals surface area contributed by atoms with Gasteiger partial charge < -0.3 is 19.6 Å². The van der Waals surface area contributed by atoms with Crippen molar-refractivity contribution < 1.29 is 33.5 Å². The summed E-state index contributed by atoms with van der Waals surface area (Å²) in [4.78, 5) is 60.2. The van der Waals surface area contributed by atoms with E-state index in [2.05, 4.69) is 10.5 Å². The predicted octanol–water partition coefficient (Wildman–Crippen LogP) is 4.37. The Bertz CT molecular complexity index is 1620. The first-order valence-electron chi connectivity index (χ1n) is 15.2. The number of carbonyl (C=O) groups is 4. The van der Waals surface area contributed by atoms with Gasteiger partial charge in [-0.25, -0.2) is 4.79 Å². The number of amides is 2. The number of fused-ring (bicyclic) bond motifs is 1. The monoisotopic (exact) mass is 639 g/mol. The summed E-state index contributed by atoms with van der Waals surface area (Å²) in [5, 5.41) is 6.21. The molecule has 3 aromatic carbocycles.